The Labute approximate surface area is 210 Å². The highest BCUT2D eigenvalue weighted by molar-refractivity contribution is 5.78. The standard InChI is InChI=1S/C27H32N6O3/c1-17(20-12-26(35)29-13-20)36-25-11-21(16-33-27(25)23(15-30-33)19-3-4-19)24-6-5-22(14-28-24)32-9-7-31(8-10-32)18(2)34/h5-6,11,14-17,19-20H,3-4,7-10,12-13H2,1-2H3,(H,29,35). The Morgan fingerprint density at radius 2 is 1.97 bits per heavy atom. The molecule has 2 saturated heterocycles. The van der Waals surface area contributed by atoms with Crippen LogP contribution in [-0.4, -0.2) is 70.1 Å². The molecule has 3 aromatic rings. The minimum absolute atomic E-state index is 0.0874. The predicted octanol–water partition coefficient (Wildman–Crippen LogP) is 2.85. The van der Waals surface area contributed by atoms with E-state index in [2.05, 4.69) is 27.4 Å². The van der Waals surface area contributed by atoms with E-state index in [0.29, 0.717) is 18.9 Å². The number of hydrogen-bond acceptors (Lipinski definition) is 6. The smallest absolute Gasteiger partial charge is 0.220 e. The molecular formula is C27H32N6O3. The van der Waals surface area contributed by atoms with E-state index >= 15 is 0 Å². The first kappa shape index (κ1) is 22.8. The van der Waals surface area contributed by atoms with Gasteiger partial charge in [-0.15, -0.1) is 0 Å². The second-order valence-electron chi connectivity index (χ2n) is 10.2. The van der Waals surface area contributed by atoms with Crippen LogP contribution in [-0.2, 0) is 9.59 Å². The van der Waals surface area contributed by atoms with Gasteiger partial charge in [0.2, 0.25) is 11.8 Å². The van der Waals surface area contributed by atoms with Crippen molar-refractivity contribution in [3.63, 3.8) is 0 Å². The van der Waals surface area contributed by atoms with Crippen molar-refractivity contribution in [2.75, 3.05) is 37.6 Å². The van der Waals surface area contributed by atoms with Crippen LogP contribution in [0.25, 0.3) is 16.8 Å². The zero-order valence-corrected chi connectivity index (χ0v) is 20.8. The molecule has 0 bridgehead atoms. The van der Waals surface area contributed by atoms with E-state index in [9.17, 15) is 9.59 Å². The summed E-state index contributed by atoms with van der Waals surface area (Å²) in [5.41, 5.74) is 5.09. The Morgan fingerprint density at radius 1 is 1.17 bits per heavy atom. The number of rotatable bonds is 6. The highest BCUT2D eigenvalue weighted by Crippen LogP contribution is 2.44. The van der Waals surface area contributed by atoms with Crippen molar-refractivity contribution in [1.29, 1.82) is 0 Å². The average Bonchev–Trinajstić information content (AvgIpc) is 3.49. The number of carbonyl (C=O) groups is 2. The lowest BCUT2D eigenvalue weighted by Gasteiger charge is -2.35. The normalized spacial score (nSPS) is 21.1. The van der Waals surface area contributed by atoms with E-state index in [0.717, 1.165) is 54.4 Å². The van der Waals surface area contributed by atoms with Gasteiger partial charge < -0.3 is 19.9 Å². The van der Waals surface area contributed by atoms with E-state index in [1.807, 2.05) is 41.0 Å². The molecule has 3 aromatic heterocycles. The lowest BCUT2D eigenvalue weighted by Crippen LogP contribution is -2.48. The summed E-state index contributed by atoms with van der Waals surface area (Å²) in [7, 11) is 0. The van der Waals surface area contributed by atoms with Gasteiger partial charge in [0.1, 0.15) is 17.4 Å². The number of piperazine rings is 1. The maximum atomic E-state index is 11.8. The van der Waals surface area contributed by atoms with E-state index in [1.54, 1.807) is 6.92 Å². The molecule has 1 aliphatic carbocycles. The lowest BCUT2D eigenvalue weighted by molar-refractivity contribution is -0.129. The summed E-state index contributed by atoms with van der Waals surface area (Å²) >= 11 is 0. The van der Waals surface area contributed by atoms with E-state index in [1.165, 1.54) is 18.4 Å². The fraction of sp³-hybridized carbons (Fsp3) is 0.481. The molecule has 3 aliphatic rings. The number of hydrogen-bond donors (Lipinski definition) is 1. The number of aromatic nitrogens is 3. The van der Waals surface area contributed by atoms with E-state index < -0.39 is 0 Å². The summed E-state index contributed by atoms with van der Waals surface area (Å²) in [6.07, 6.45) is 8.65. The minimum Gasteiger partial charge on any atom is -0.488 e. The Bertz CT molecular complexity index is 1290. The van der Waals surface area contributed by atoms with Crippen molar-refractivity contribution in [3.05, 3.63) is 42.4 Å². The van der Waals surface area contributed by atoms with Crippen molar-refractivity contribution >= 4 is 23.0 Å². The summed E-state index contributed by atoms with van der Waals surface area (Å²) in [5, 5.41) is 7.57. The van der Waals surface area contributed by atoms with Crippen molar-refractivity contribution in [1.82, 2.24) is 24.8 Å². The molecule has 9 heteroatoms. The fourth-order valence-corrected chi connectivity index (χ4v) is 5.31. The summed E-state index contributed by atoms with van der Waals surface area (Å²) in [6.45, 7) is 7.39. The van der Waals surface area contributed by atoms with Gasteiger partial charge in [-0.1, -0.05) is 0 Å². The SMILES string of the molecule is CC(=O)N1CCN(c2ccc(-c3cc(OC(C)C4CNC(=O)C4)c4c(C5CC5)cnn4c3)nc2)CC1. The number of nitrogens with one attached hydrogen (secondary N) is 1. The van der Waals surface area contributed by atoms with Crippen molar-refractivity contribution < 1.29 is 14.3 Å². The Hall–Kier alpha value is -3.62. The van der Waals surface area contributed by atoms with Crippen LogP contribution in [0.2, 0.25) is 0 Å². The third kappa shape index (κ3) is 4.38. The Kier molecular flexibility index (Phi) is 5.78. The van der Waals surface area contributed by atoms with Crippen LogP contribution < -0.4 is 15.0 Å². The molecule has 188 valence electrons. The van der Waals surface area contributed by atoms with E-state index in [4.69, 9.17) is 9.72 Å². The molecule has 6 rings (SSSR count). The molecule has 2 unspecified atom stereocenters. The van der Waals surface area contributed by atoms with Crippen LogP contribution in [0.3, 0.4) is 0 Å². The predicted molar refractivity (Wildman–Crippen MR) is 136 cm³/mol. The van der Waals surface area contributed by atoms with Gasteiger partial charge >= 0.3 is 0 Å². The second-order valence-corrected chi connectivity index (χ2v) is 10.2. The van der Waals surface area contributed by atoms with E-state index in [-0.39, 0.29) is 23.8 Å². The third-order valence-corrected chi connectivity index (χ3v) is 7.74. The Morgan fingerprint density at radius 3 is 2.61 bits per heavy atom. The number of pyridine rings is 2. The summed E-state index contributed by atoms with van der Waals surface area (Å²) in [6, 6.07) is 6.19. The molecular weight excluding hydrogens is 456 g/mol. The summed E-state index contributed by atoms with van der Waals surface area (Å²) < 4.78 is 8.44. The van der Waals surface area contributed by atoms with Gasteiger partial charge in [-0.2, -0.15) is 5.10 Å². The topological polar surface area (TPSA) is 92.1 Å². The molecule has 2 atom stereocenters. The number of ether oxygens (including phenoxy) is 1. The minimum atomic E-state index is -0.103. The van der Waals surface area contributed by atoms with Crippen LogP contribution >= 0.6 is 0 Å². The van der Waals surface area contributed by atoms with Gasteiger partial charge in [-0.25, -0.2) is 4.52 Å². The van der Waals surface area contributed by atoms with Gasteiger partial charge in [0.05, 0.1) is 23.8 Å². The zero-order valence-electron chi connectivity index (χ0n) is 20.8. The first-order valence-electron chi connectivity index (χ1n) is 12.9. The third-order valence-electron chi connectivity index (χ3n) is 7.74. The highest BCUT2D eigenvalue weighted by Gasteiger charge is 2.31. The molecule has 0 radical (unpaired) electrons. The van der Waals surface area contributed by atoms with Gasteiger partial charge in [0, 0.05) is 69.3 Å². The second kappa shape index (κ2) is 9.11. The average molecular weight is 489 g/mol. The lowest BCUT2D eigenvalue weighted by atomic mass is 10.0. The molecule has 0 spiro atoms. The van der Waals surface area contributed by atoms with Crippen LogP contribution in [0, 0.1) is 5.92 Å². The monoisotopic (exact) mass is 488 g/mol. The van der Waals surface area contributed by atoms with Crippen LogP contribution in [0.4, 0.5) is 5.69 Å². The van der Waals surface area contributed by atoms with Crippen LogP contribution in [0.1, 0.15) is 44.6 Å². The summed E-state index contributed by atoms with van der Waals surface area (Å²) in [5.74, 6) is 1.70. The van der Waals surface area contributed by atoms with Gasteiger partial charge in [0.15, 0.2) is 0 Å². The fourth-order valence-electron chi connectivity index (χ4n) is 5.31. The van der Waals surface area contributed by atoms with Crippen molar-refractivity contribution in [3.8, 4) is 17.0 Å². The summed E-state index contributed by atoms with van der Waals surface area (Å²) in [4.78, 5) is 32.3. The molecule has 5 heterocycles. The molecule has 3 fully saturated rings. The molecule has 1 saturated carbocycles. The first-order valence-corrected chi connectivity index (χ1v) is 12.9. The maximum Gasteiger partial charge on any atom is 0.220 e. The largest absolute Gasteiger partial charge is 0.488 e. The van der Waals surface area contributed by atoms with Gasteiger partial charge in [0.25, 0.3) is 0 Å². The molecule has 0 aromatic carbocycles. The molecule has 1 N–H and O–H groups in total. The first-order chi connectivity index (χ1) is 17.5. The van der Waals surface area contributed by atoms with Gasteiger partial charge in [-0.05, 0) is 43.9 Å². The number of nitrogens with zero attached hydrogens (tertiary/aromatic N) is 5. The molecule has 9 nitrogen and oxygen atoms in total. The highest BCUT2D eigenvalue weighted by atomic mass is 16.5. The molecule has 2 amide bonds. The quantitative estimate of drug-likeness (QED) is 0.574. The number of fused-ring (bicyclic) bond motifs is 1. The van der Waals surface area contributed by atoms with Crippen molar-refractivity contribution in [2.45, 2.75) is 45.1 Å². The molecule has 2 aliphatic heterocycles. The Balaban J connectivity index is 1.27. The maximum absolute atomic E-state index is 11.8. The number of anilines is 1. The van der Waals surface area contributed by atoms with Crippen LogP contribution in [0.5, 0.6) is 5.75 Å². The number of carbonyl (C=O) groups excluding carboxylic acids is 2. The van der Waals surface area contributed by atoms with Crippen LogP contribution in [0.15, 0.2) is 36.8 Å². The zero-order chi connectivity index (χ0) is 24.8. The van der Waals surface area contributed by atoms with Crippen molar-refractivity contribution in [2.24, 2.45) is 5.92 Å². The van der Waals surface area contributed by atoms with Gasteiger partial charge in [-0.3, -0.25) is 14.6 Å². The molecule has 36 heavy (non-hydrogen) atoms. The number of amides is 2.